The second kappa shape index (κ2) is 4.13. The minimum atomic E-state index is -0.283. The van der Waals surface area contributed by atoms with Gasteiger partial charge in [0.15, 0.2) is 0 Å². The van der Waals surface area contributed by atoms with E-state index in [4.69, 9.17) is 21.1 Å². The minimum Gasteiger partial charge on any atom is -0.490 e. The fraction of sp³-hybridized carbons (Fsp3) is 0.583. The van der Waals surface area contributed by atoms with Crippen molar-refractivity contribution in [2.75, 3.05) is 0 Å². The Kier molecular flexibility index (Phi) is 2.98. The first kappa shape index (κ1) is 11.5. The van der Waals surface area contributed by atoms with Gasteiger partial charge < -0.3 is 9.47 Å². The zero-order valence-electron chi connectivity index (χ0n) is 9.79. The number of aromatic nitrogens is 1. The van der Waals surface area contributed by atoms with Crippen LogP contribution >= 0.6 is 11.6 Å². The summed E-state index contributed by atoms with van der Waals surface area (Å²) in [7, 11) is 0. The number of hydrogen-bond acceptors (Lipinski definition) is 3. The summed E-state index contributed by atoms with van der Waals surface area (Å²) in [5, 5.41) is 0.400. The van der Waals surface area contributed by atoms with Crippen molar-refractivity contribution in [1.82, 2.24) is 4.98 Å². The fourth-order valence-electron chi connectivity index (χ4n) is 1.26. The predicted octanol–water partition coefficient (Wildman–Crippen LogP) is 3.45. The summed E-state index contributed by atoms with van der Waals surface area (Å²) in [4.78, 5) is 4.11. The molecule has 0 aromatic carbocycles. The molecule has 4 heteroatoms. The average molecular weight is 242 g/mol. The first-order chi connectivity index (χ1) is 7.42. The van der Waals surface area contributed by atoms with Crippen LogP contribution in [0, 0.1) is 0 Å². The van der Waals surface area contributed by atoms with Crippen molar-refractivity contribution >= 4 is 11.6 Å². The zero-order chi connectivity index (χ0) is 11.8. The monoisotopic (exact) mass is 241 g/mol. The van der Waals surface area contributed by atoms with Crippen molar-refractivity contribution in [1.29, 1.82) is 0 Å². The van der Waals surface area contributed by atoms with Crippen molar-refractivity contribution in [3.8, 4) is 11.6 Å². The Morgan fingerprint density at radius 1 is 1.31 bits per heavy atom. The standard InChI is InChI=1S/C12H16ClNO2/c1-12(2,3)16-11-7-9(6-10(13)14-11)15-8-4-5-8/h6-8H,4-5H2,1-3H3. The quantitative estimate of drug-likeness (QED) is 0.760. The third kappa shape index (κ3) is 3.56. The molecule has 1 saturated carbocycles. The van der Waals surface area contributed by atoms with Crippen molar-refractivity contribution in [3.63, 3.8) is 0 Å². The molecular weight excluding hydrogens is 226 g/mol. The highest BCUT2D eigenvalue weighted by Gasteiger charge is 2.24. The second-order valence-corrected chi connectivity index (χ2v) is 5.38. The van der Waals surface area contributed by atoms with Gasteiger partial charge in [-0.1, -0.05) is 11.6 Å². The Morgan fingerprint density at radius 3 is 2.56 bits per heavy atom. The largest absolute Gasteiger partial charge is 0.490 e. The van der Waals surface area contributed by atoms with E-state index in [-0.39, 0.29) is 5.60 Å². The van der Waals surface area contributed by atoms with E-state index in [0.717, 1.165) is 18.6 Å². The summed E-state index contributed by atoms with van der Waals surface area (Å²) in [6, 6.07) is 3.50. The van der Waals surface area contributed by atoms with E-state index in [1.54, 1.807) is 12.1 Å². The molecule has 1 heterocycles. The van der Waals surface area contributed by atoms with Crippen molar-refractivity contribution in [3.05, 3.63) is 17.3 Å². The lowest BCUT2D eigenvalue weighted by molar-refractivity contribution is 0.123. The summed E-state index contributed by atoms with van der Waals surface area (Å²) < 4.78 is 11.3. The van der Waals surface area contributed by atoms with Crippen LogP contribution < -0.4 is 9.47 Å². The van der Waals surface area contributed by atoms with E-state index in [1.807, 2.05) is 20.8 Å². The number of nitrogens with zero attached hydrogens (tertiary/aromatic N) is 1. The van der Waals surface area contributed by atoms with E-state index in [9.17, 15) is 0 Å². The van der Waals surface area contributed by atoms with Crippen LogP contribution in [0.1, 0.15) is 33.6 Å². The third-order valence-corrected chi connectivity index (χ3v) is 2.18. The number of halogens is 1. The Hall–Kier alpha value is -0.960. The molecule has 0 radical (unpaired) electrons. The molecule has 0 saturated heterocycles. The molecule has 3 nitrogen and oxygen atoms in total. The third-order valence-electron chi connectivity index (χ3n) is 1.98. The highest BCUT2D eigenvalue weighted by Crippen LogP contribution is 2.30. The molecule has 0 unspecified atom stereocenters. The second-order valence-electron chi connectivity index (χ2n) is 5.00. The van der Waals surface area contributed by atoms with Gasteiger partial charge >= 0.3 is 0 Å². The van der Waals surface area contributed by atoms with Gasteiger partial charge in [-0.3, -0.25) is 0 Å². The van der Waals surface area contributed by atoms with Crippen LogP contribution in [-0.2, 0) is 0 Å². The molecule has 0 spiro atoms. The molecule has 1 aromatic rings. The zero-order valence-corrected chi connectivity index (χ0v) is 10.5. The molecule has 0 bridgehead atoms. The molecule has 2 rings (SSSR count). The molecule has 1 fully saturated rings. The van der Waals surface area contributed by atoms with Gasteiger partial charge in [0.25, 0.3) is 0 Å². The predicted molar refractivity (Wildman–Crippen MR) is 63.3 cm³/mol. The van der Waals surface area contributed by atoms with Crippen LogP contribution in [0.3, 0.4) is 0 Å². The Labute approximate surface area is 101 Å². The highest BCUT2D eigenvalue weighted by atomic mass is 35.5. The van der Waals surface area contributed by atoms with Crippen LogP contribution in [0.4, 0.5) is 0 Å². The topological polar surface area (TPSA) is 31.4 Å². The summed E-state index contributed by atoms with van der Waals surface area (Å²) in [6.07, 6.45) is 2.59. The van der Waals surface area contributed by atoms with E-state index in [1.165, 1.54) is 0 Å². The van der Waals surface area contributed by atoms with Crippen LogP contribution in [0.5, 0.6) is 11.6 Å². The first-order valence-electron chi connectivity index (χ1n) is 5.46. The molecule has 0 amide bonds. The van der Waals surface area contributed by atoms with Crippen LogP contribution in [0.2, 0.25) is 5.15 Å². The van der Waals surface area contributed by atoms with Crippen molar-refractivity contribution < 1.29 is 9.47 Å². The normalized spacial score (nSPS) is 16.0. The summed E-state index contributed by atoms with van der Waals surface area (Å²) in [5.41, 5.74) is -0.283. The van der Waals surface area contributed by atoms with Gasteiger partial charge in [0, 0.05) is 12.1 Å². The van der Waals surface area contributed by atoms with E-state index in [2.05, 4.69) is 4.98 Å². The van der Waals surface area contributed by atoms with E-state index >= 15 is 0 Å². The molecule has 0 aliphatic heterocycles. The molecular formula is C12H16ClNO2. The Bertz CT molecular complexity index is 383. The fourth-order valence-corrected chi connectivity index (χ4v) is 1.45. The van der Waals surface area contributed by atoms with Gasteiger partial charge in [-0.25, -0.2) is 4.98 Å². The van der Waals surface area contributed by atoms with Gasteiger partial charge in [0.1, 0.15) is 16.5 Å². The van der Waals surface area contributed by atoms with Gasteiger partial charge in [0.2, 0.25) is 5.88 Å². The minimum absolute atomic E-state index is 0.283. The molecule has 88 valence electrons. The molecule has 0 N–H and O–H groups in total. The van der Waals surface area contributed by atoms with Gasteiger partial charge in [-0.15, -0.1) is 0 Å². The smallest absolute Gasteiger partial charge is 0.218 e. The maximum Gasteiger partial charge on any atom is 0.218 e. The van der Waals surface area contributed by atoms with Crippen LogP contribution in [0.15, 0.2) is 12.1 Å². The molecule has 1 aliphatic carbocycles. The Morgan fingerprint density at radius 2 is 2.00 bits per heavy atom. The summed E-state index contributed by atoms with van der Waals surface area (Å²) in [6.45, 7) is 5.91. The lowest BCUT2D eigenvalue weighted by atomic mass is 10.2. The molecule has 1 aromatic heterocycles. The lowest BCUT2D eigenvalue weighted by Gasteiger charge is -2.20. The number of rotatable bonds is 3. The average Bonchev–Trinajstić information content (AvgIpc) is 2.82. The van der Waals surface area contributed by atoms with Gasteiger partial charge in [0.05, 0.1) is 6.10 Å². The number of pyridine rings is 1. The molecule has 16 heavy (non-hydrogen) atoms. The van der Waals surface area contributed by atoms with E-state index in [0.29, 0.717) is 17.1 Å². The lowest BCUT2D eigenvalue weighted by Crippen LogP contribution is -2.23. The van der Waals surface area contributed by atoms with Crippen LogP contribution in [0.25, 0.3) is 0 Å². The molecule has 0 atom stereocenters. The van der Waals surface area contributed by atoms with Crippen LogP contribution in [-0.4, -0.2) is 16.7 Å². The van der Waals surface area contributed by atoms with Gasteiger partial charge in [-0.2, -0.15) is 0 Å². The van der Waals surface area contributed by atoms with Gasteiger partial charge in [-0.05, 0) is 33.6 Å². The SMILES string of the molecule is CC(C)(C)Oc1cc(OC2CC2)cc(Cl)n1. The van der Waals surface area contributed by atoms with Crippen molar-refractivity contribution in [2.24, 2.45) is 0 Å². The number of ether oxygens (including phenoxy) is 2. The highest BCUT2D eigenvalue weighted by molar-refractivity contribution is 6.29. The first-order valence-corrected chi connectivity index (χ1v) is 5.83. The number of hydrogen-bond donors (Lipinski definition) is 0. The summed E-state index contributed by atoms with van der Waals surface area (Å²) in [5.74, 6) is 1.25. The maximum atomic E-state index is 5.91. The van der Waals surface area contributed by atoms with E-state index < -0.39 is 0 Å². The Balaban J connectivity index is 2.14. The maximum absolute atomic E-state index is 5.91. The molecule has 1 aliphatic rings. The van der Waals surface area contributed by atoms with Crippen molar-refractivity contribution in [2.45, 2.75) is 45.3 Å². The summed E-state index contributed by atoms with van der Waals surface area (Å²) >= 11 is 5.91.